The lowest BCUT2D eigenvalue weighted by Gasteiger charge is -2.01. The summed E-state index contributed by atoms with van der Waals surface area (Å²) in [5, 5.41) is 12.9. The highest BCUT2D eigenvalue weighted by atomic mass is 32.2. The molecule has 2 rings (SSSR count). The lowest BCUT2D eigenvalue weighted by Crippen LogP contribution is -1.84. The lowest BCUT2D eigenvalue weighted by atomic mass is 10.2. The molecule has 0 bridgehead atoms. The normalized spacial score (nSPS) is 10.6. The van der Waals surface area contributed by atoms with Crippen LogP contribution in [0.25, 0.3) is 0 Å². The summed E-state index contributed by atoms with van der Waals surface area (Å²) in [5.74, 6) is 1.62. The molecule has 4 heteroatoms. The zero-order valence-electron chi connectivity index (χ0n) is 9.01. The first-order chi connectivity index (χ1) is 7.78. The molecule has 0 radical (unpaired) electrons. The van der Waals surface area contributed by atoms with Gasteiger partial charge in [-0.1, -0.05) is 17.3 Å². The molecule has 0 atom stereocenters. The molecule has 1 aromatic carbocycles. The van der Waals surface area contributed by atoms with E-state index in [1.54, 1.807) is 11.8 Å². The fourth-order valence-corrected chi connectivity index (χ4v) is 2.24. The third-order valence-corrected chi connectivity index (χ3v) is 3.17. The minimum absolute atomic E-state index is 0.0808. The summed E-state index contributed by atoms with van der Waals surface area (Å²) in [6, 6.07) is 9.80. The van der Waals surface area contributed by atoms with Crippen molar-refractivity contribution in [1.82, 2.24) is 5.16 Å². The molecule has 2 aromatic rings. The van der Waals surface area contributed by atoms with E-state index in [2.05, 4.69) is 5.16 Å². The van der Waals surface area contributed by atoms with Gasteiger partial charge in [0.1, 0.15) is 5.76 Å². The lowest BCUT2D eigenvalue weighted by molar-refractivity contribution is 0.281. The molecule has 0 aliphatic rings. The Morgan fingerprint density at radius 1 is 1.38 bits per heavy atom. The molecule has 0 aliphatic carbocycles. The van der Waals surface area contributed by atoms with Gasteiger partial charge in [0.15, 0.2) is 0 Å². The van der Waals surface area contributed by atoms with Crippen LogP contribution in [-0.2, 0) is 12.4 Å². The third kappa shape index (κ3) is 2.87. The van der Waals surface area contributed by atoms with E-state index in [0.29, 0.717) is 0 Å². The first-order valence-electron chi connectivity index (χ1n) is 5.03. The summed E-state index contributed by atoms with van der Waals surface area (Å²) in [6.45, 7) is 1.96. The smallest absolute Gasteiger partial charge is 0.133 e. The molecule has 0 saturated carbocycles. The predicted octanol–water partition coefficient (Wildman–Crippen LogP) is 2.77. The summed E-state index contributed by atoms with van der Waals surface area (Å²) >= 11 is 1.68. The highest BCUT2D eigenvalue weighted by Gasteiger charge is 2.02. The van der Waals surface area contributed by atoms with Gasteiger partial charge in [-0.2, -0.15) is 0 Å². The molecule has 3 nitrogen and oxygen atoms in total. The van der Waals surface area contributed by atoms with Crippen LogP contribution in [0.4, 0.5) is 0 Å². The number of hydrogen-bond donors (Lipinski definition) is 1. The van der Waals surface area contributed by atoms with E-state index < -0.39 is 0 Å². The first kappa shape index (κ1) is 11.2. The summed E-state index contributed by atoms with van der Waals surface area (Å²) in [4.78, 5) is 1.13. The van der Waals surface area contributed by atoms with Gasteiger partial charge in [-0.3, -0.25) is 0 Å². The van der Waals surface area contributed by atoms with E-state index in [4.69, 9.17) is 9.63 Å². The molecule has 0 amide bonds. The zero-order valence-corrected chi connectivity index (χ0v) is 9.83. The van der Waals surface area contributed by atoms with Crippen LogP contribution in [-0.4, -0.2) is 10.3 Å². The topological polar surface area (TPSA) is 46.3 Å². The minimum Gasteiger partial charge on any atom is -0.392 e. The standard InChI is InChI=1S/C12H13NO2S/c1-9-5-11(13-15-9)8-16-12-4-2-3-10(6-12)7-14/h2-6,14H,7-8H2,1H3. The predicted molar refractivity (Wildman–Crippen MR) is 63.2 cm³/mol. The monoisotopic (exact) mass is 235 g/mol. The van der Waals surface area contributed by atoms with Gasteiger partial charge in [-0.15, -0.1) is 11.8 Å². The summed E-state index contributed by atoms with van der Waals surface area (Å²) in [6.07, 6.45) is 0. The van der Waals surface area contributed by atoms with E-state index in [1.165, 1.54) is 0 Å². The van der Waals surface area contributed by atoms with E-state index in [-0.39, 0.29) is 6.61 Å². The van der Waals surface area contributed by atoms with Gasteiger partial charge in [0.05, 0.1) is 12.3 Å². The maximum atomic E-state index is 9.01. The van der Waals surface area contributed by atoms with Crippen LogP contribution in [0.3, 0.4) is 0 Å². The quantitative estimate of drug-likeness (QED) is 0.828. The van der Waals surface area contributed by atoms with Gasteiger partial charge < -0.3 is 9.63 Å². The van der Waals surface area contributed by atoms with Gasteiger partial charge in [-0.05, 0) is 24.6 Å². The molecule has 1 N–H and O–H groups in total. The highest BCUT2D eigenvalue weighted by molar-refractivity contribution is 7.98. The number of rotatable bonds is 4. The van der Waals surface area contributed by atoms with Gasteiger partial charge in [0.25, 0.3) is 0 Å². The molecule has 1 aromatic heterocycles. The second kappa shape index (κ2) is 5.18. The van der Waals surface area contributed by atoms with Crippen LogP contribution in [0.15, 0.2) is 39.8 Å². The van der Waals surface area contributed by atoms with Crippen molar-refractivity contribution in [1.29, 1.82) is 0 Å². The number of benzene rings is 1. The first-order valence-corrected chi connectivity index (χ1v) is 6.01. The van der Waals surface area contributed by atoms with Gasteiger partial charge in [-0.25, -0.2) is 0 Å². The van der Waals surface area contributed by atoms with Crippen molar-refractivity contribution in [3.05, 3.63) is 47.3 Å². The fourth-order valence-electron chi connectivity index (χ4n) is 1.38. The van der Waals surface area contributed by atoms with Crippen LogP contribution in [0.1, 0.15) is 17.0 Å². The summed E-state index contributed by atoms with van der Waals surface area (Å²) in [7, 11) is 0. The Bertz CT molecular complexity index is 468. The minimum atomic E-state index is 0.0808. The van der Waals surface area contributed by atoms with E-state index in [0.717, 1.165) is 27.7 Å². The van der Waals surface area contributed by atoms with Gasteiger partial charge >= 0.3 is 0 Å². The Balaban J connectivity index is 1.99. The SMILES string of the molecule is Cc1cc(CSc2cccc(CO)c2)no1. The Hall–Kier alpha value is -1.26. The molecule has 0 saturated heterocycles. The molecule has 0 spiro atoms. The third-order valence-electron chi connectivity index (χ3n) is 2.14. The van der Waals surface area contributed by atoms with E-state index in [1.807, 2.05) is 37.3 Å². The largest absolute Gasteiger partial charge is 0.392 e. The average molecular weight is 235 g/mol. The molecule has 1 heterocycles. The molecule has 0 unspecified atom stereocenters. The Morgan fingerprint density at radius 2 is 2.25 bits per heavy atom. The molecule has 84 valence electrons. The number of aromatic nitrogens is 1. The summed E-state index contributed by atoms with van der Waals surface area (Å²) in [5.41, 5.74) is 1.87. The maximum Gasteiger partial charge on any atom is 0.133 e. The van der Waals surface area contributed by atoms with E-state index >= 15 is 0 Å². The van der Waals surface area contributed by atoms with Crippen molar-refractivity contribution in [2.24, 2.45) is 0 Å². The van der Waals surface area contributed by atoms with Gasteiger partial charge in [0, 0.05) is 16.7 Å². The summed E-state index contributed by atoms with van der Waals surface area (Å²) < 4.78 is 4.99. The number of nitrogens with zero attached hydrogens (tertiary/aromatic N) is 1. The van der Waals surface area contributed by atoms with Gasteiger partial charge in [0.2, 0.25) is 0 Å². The number of aliphatic hydroxyl groups excluding tert-OH is 1. The average Bonchev–Trinajstić information content (AvgIpc) is 2.73. The van der Waals surface area contributed by atoms with Crippen molar-refractivity contribution in [2.75, 3.05) is 0 Å². The Morgan fingerprint density at radius 3 is 2.94 bits per heavy atom. The molecule has 16 heavy (non-hydrogen) atoms. The van der Waals surface area contributed by atoms with Crippen LogP contribution in [0.5, 0.6) is 0 Å². The molecular formula is C12H13NO2S. The van der Waals surface area contributed by atoms with Crippen molar-refractivity contribution >= 4 is 11.8 Å². The van der Waals surface area contributed by atoms with E-state index in [9.17, 15) is 0 Å². The van der Waals surface area contributed by atoms with Crippen molar-refractivity contribution in [2.45, 2.75) is 24.2 Å². The second-order valence-electron chi connectivity index (χ2n) is 3.52. The Labute approximate surface area is 98.5 Å². The van der Waals surface area contributed by atoms with Crippen LogP contribution in [0.2, 0.25) is 0 Å². The maximum absolute atomic E-state index is 9.01. The van der Waals surface area contributed by atoms with Crippen molar-refractivity contribution in [3.8, 4) is 0 Å². The highest BCUT2D eigenvalue weighted by Crippen LogP contribution is 2.23. The number of thioether (sulfide) groups is 1. The van der Waals surface area contributed by atoms with Crippen molar-refractivity contribution < 1.29 is 9.63 Å². The fraction of sp³-hybridized carbons (Fsp3) is 0.250. The Kier molecular flexibility index (Phi) is 3.64. The van der Waals surface area contributed by atoms with Crippen LogP contribution in [0, 0.1) is 6.92 Å². The van der Waals surface area contributed by atoms with Crippen LogP contribution < -0.4 is 0 Å². The van der Waals surface area contributed by atoms with Crippen LogP contribution >= 0.6 is 11.8 Å². The number of aryl methyl sites for hydroxylation is 1. The zero-order chi connectivity index (χ0) is 11.4. The van der Waals surface area contributed by atoms with Crippen molar-refractivity contribution in [3.63, 3.8) is 0 Å². The second-order valence-corrected chi connectivity index (χ2v) is 4.57. The molecule has 0 aliphatic heterocycles. The number of hydrogen-bond acceptors (Lipinski definition) is 4. The molecular weight excluding hydrogens is 222 g/mol. The molecule has 0 fully saturated rings. The number of aliphatic hydroxyl groups is 1.